The summed E-state index contributed by atoms with van der Waals surface area (Å²) >= 11 is 0. The lowest BCUT2D eigenvalue weighted by Crippen LogP contribution is -2.39. The molecular weight excluding hydrogens is 168 g/mol. The minimum atomic E-state index is 0.0396. The lowest BCUT2D eigenvalue weighted by molar-refractivity contribution is -0.128. The largest absolute Gasteiger partial charge is 0.344 e. The third-order valence-corrected chi connectivity index (χ3v) is 2.52. The lowest BCUT2D eigenvalue weighted by atomic mass is 10.2. The molecule has 1 rings (SSSR count). The van der Waals surface area contributed by atoms with Crippen LogP contribution in [0, 0.1) is 0 Å². The summed E-state index contributed by atoms with van der Waals surface area (Å²) in [6.45, 7) is 2.94. The van der Waals surface area contributed by atoms with E-state index in [1.54, 1.807) is 16.8 Å². The molecule has 0 bridgehead atoms. The number of hydrogen-bond acceptors (Lipinski definition) is 2. The fourth-order valence-electron chi connectivity index (χ4n) is 1.59. The molecule has 1 aliphatic rings. The fourth-order valence-corrected chi connectivity index (χ4v) is 1.59. The van der Waals surface area contributed by atoms with E-state index in [9.17, 15) is 9.59 Å². The topological polar surface area (TPSA) is 40.6 Å². The number of rotatable bonds is 3. The summed E-state index contributed by atoms with van der Waals surface area (Å²) in [4.78, 5) is 24.7. The number of likely N-dealkylation sites (N-methyl/N-ethyl adjacent to an activating group) is 1. The molecule has 0 aromatic carbocycles. The van der Waals surface area contributed by atoms with Gasteiger partial charge in [-0.1, -0.05) is 0 Å². The second-order valence-corrected chi connectivity index (χ2v) is 3.48. The molecule has 1 aliphatic heterocycles. The van der Waals surface area contributed by atoms with E-state index in [0.717, 1.165) is 19.4 Å². The van der Waals surface area contributed by atoms with Crippen LogP contribution in [-0.2, 0) is 9.59 Å². The summed E-state index contributed by atoms with van der Waals surface area (Å²) in [6.07, 6.45) is 3.90. The third kappa shape index (κ3) is 2.44. The van der Waals surface area contributed by atoms with Gasteiger partial charge >= 0.3 is 6.41 Å². The van der Waals surface area contributed by atoms with Crippen molar-refractivity contribution in [1.29, 1.82) is 0 Å². The van der Waals surface area contributed by atoms with Crippen LogP contribution in [0.3, 0.4) is 0 Å². The SMILES string of the molecule is CC(=O)N(C)CC1CCCN1[C]=O. The molecular formula is C9H15N2O2. The molecule has 0 N–H and O–H groups in total. The van der Waals surface area contributed by atoms with E-state index in [1.807, 2.05) is 6.41 Å². The second kappa shape index (κ2) is 4.25. The molecule has 4 nitrogen and oxygen atoms in total. The first kappa shape index (κ1) is 10.0. The van der Waals surface area contributed by atoms with E-state index >= 15 is 0 Å². The molecule has 1 saturated heterocycles. The average molecular weight is 183 g/mol. The van der Waals surface area contributed by atoms with E-state index in [0.29, 0.717) is 6.54 Å². The van der Waals surface area contributed by atoms with Crippen molar-refractivity contribution < 1.29 is 9.59 Å². The predicted molar refractivity (Wildman–Crippen MR) is 48.7 cm³/mol. The Kier molecular flexibility index (Phi) is 3.28. The number of likely N-dealkylation sites (tertiary alicyclic amines) is 1. The number of nitrogens with zero attached hydrogens (tertiary/aromatic N) is 2. The smallest absolute Gasteiger partial charge is 0.312 e. The zero-order valence-corrected chi connectivity index (χ0v) is 8.12. The quantitative estimate of drug-likeness (QED) is 0.617. The van der Waals surface area contributed by atoms with Gasteiger partial charge in [-0.05, 0) is 12.8 Å². The van der Waals surface area contributed by atoms with E-state index in [1.165, 1.54) is 6.92 Å². The number of hydrogen-bond donors (Lipinski definition) is 0. The molecule has 73 valence electrons. The van der Waals surface area contributed by atoms with E-state index < -0.39 is 0 Å². The van der Waals surface area contributed by atoms with Crippen LogP contribution in [0.4, 0.5) is 0 Å². The summed E-state index contributed by atoms with van der Waals surface area (Å²) in [6, 6.07) is 0.173. The fraction of sp³-hybridized carbons (Fsp3) is 0.778. The second-order valence-electron chi connectivity index (χ2n) is 3.48. The Bertz CT molecular complexity index is 206. The summed E-state index contributed by atoms with van der Waals surface area (Å²) in [5.41, 5.74) is 0. The molecule has 4 heteroatoms. The summed E-state index contributed by atoms with van der Waals surface area (Å²) in [5.74, 6) is 0.0396. The zero-order valence-electron chi connectivity index (χ0n) is 8.12. The van der Waals surface area contributed by atoms with Crippen LogP contribution in [-0.4, -0.2) is 48.3 Å². The van der Waals surface area contributed by atoms with Crippen LogP contribution in [0.5, 0.6) is 0 Å². The third-order valence-electron chi connectivity index (χ3n) is 2.52. The van der Waals surface area contributed by atoms with Gasteiger partial charge in [0.25, 0.3) is 0 Å². The monoisotopic (exact) mass is 183 g/mol. The van der Waals surface area contributed by atoms with Gasteiger partial charge in [0.2, 0.25) is 5.91 Å². The minimum Gasteiger partial charge on any atom is -0.344 e. The van der Waals surface area contributed by atoms with Crippen LogP contribution >= 0.6 is 0 Å². The zero-order chi connectivity index (χ0) is 9.84. The van der Waals surface area contributed by atoms with Gasteiger partial charge < -0.3 is 9.80 Å². The van der Waals surface area contributed by atoms with Crippen LogP contribution in [0.25, 0.3) is 0 Å². The van der Waals surface area contributed by atoms with Gasteiger partial charge in [-0.15, -0.1) is 0 Å². The maximum Gasteiger partial charge on any atom is 0.312 e. The van der Waals surface area contributed by atoms with Crippen molar-refractivity contribution in [1.82, 2.24) is 9.80 Å². The van der Waals surface area contributed by atoms with E-state index in [2.05, 4.69) is 0 Å². The van der Waals surface area contributed by atoms with Crippen molar-refractivity contribution >= 4 is 12.3 Å². The van der Waals surface area contributed by atoms with Gasteiger partial charge in [0, 0.05) is 33.1 Å². The van der Waals surface area contributed by atoms with Crippen molar-refractivity contribution in [3.63, 3.8) is 0 Å². The van der Waals surface area contributed by atoms with Gasteiger partial charge in [0.15, 0.2) is 0 Å². The first-order valence-corrected chi connectivity index (χ1v) is 4.51. The molecule has 1 fully saturated rings. The number of amides is 2. The molecule has 0 aromatic heterocycles. The molecule has 1 radical (unpaired) electrons. The van der Waals surface area contributed by atoms with Gasteiger partial charge in [-0.3, -0.25) is 9.59 Å². The maximum atomic E-state index is 10.9. The van der Waals surface area contributed by atoms with Crippen molar-refractivity contribution in [2.45, 2.75) is 25.8 Å². The number of carbonyl (C=O) groups excluding carboxylic acids is 2. The highest BCUT2D eigenvalue weighted by molar-refractivity contribution is 5.72. The van der Waals surface area contributed by atoms with Gasteiger partial charge in [0.05, 0.1) is 0 Å². The maximum absolute atomic E-state index is 10.9. The van der Waals surface area contributed by atoms with Crippen molar-refractivity contribution in [3.05, 3.63) is 0 Å². The van der Waals surface area contributed by atoms with Crippen molar-refractivity contribution in [2.24, 2.45) is 0 Å². The van der Waals surface area contributed by atoms with Gasteiger partial charge in [-0.25, -0.2) is 0 Å². The molecule has 2 amide bonds. The first-order chi connectivity index (χ1) is 6.15. The van der Waals surface area contributed by atoms with Crippen molar-refractivity contribution in [3.8, 4) is 0 Å². The van der Waals surface area contributed by atoms with Gasteiger partial charge in [-0.2, -0.15) is 0 Å². The molecule has 1 unspecified atom stereocenters. The highest BCUT2D eigenvalue weighted by Crippen LogP contribution is 2.15. The summed E-state index contributed by atoms with van der Waals surface area (Å²) < 4.78 is 0. The molecule has 0 aliphatic carbocycles. The van der Waals surface area contributed by atoms with Crippen LogP contribution in [0.1, 0.15) is 19.8 Å². The molecule has 1 atom stereocenters. The van der Waals surface area contributed by atoms with E-state index in [4.69, 9.17) is 0 Å². The standard InChI is InChI=1S/C9H15N2O2/c1-8(13)10(2)6-9-4-3-5-11(9)7-12/h9H,3-6H2,1-2H3. The van der Waals surface area contributed by atoms with Crippen LogP contribution in [0.2, 0.25) is 0 Å². The first-order valence-electron chi connectivity index (χ1n) is 4.51. The summed E-state index contributed by atoms with van der Waals surface area (Å²) in [5, 5.41) is 0. The van der Waals surface area contributed by atoms with Crippen LogP contribution in [0.15, 0.2) is 0 Å². The Morgan fingerprint density at radius 2 is 2.38 bits per heavy atom. The normalized spacial score (nSPS) is 21.7. The highest BCUT2D eigenvalue weighted by atomic mass is 16.2. The highest BCUT2D eigenvalue weighted by Gasteiger charge is 2.25. The van der Waals surface area contributed by atoms with E-state index in [-0.39, 0.29) is 11.9 Å². The predicted octanol–water partition coefficient (Wildman–Crippen LogP) is -0.00370. The van der Waals surface area contributed by atoms with Crippen molar-refractivity contribution in [2.75, 3.05) is 20.1 Å². The Morgan fingerprint density at radius 1 is 1.69 bits per heavy atom. The molecule has 1 heterocycles. The molecule has 0 aromatic rings. The van der Waals surface area contributed by atoms with Gasteiger partial charge in [0.1, 0.15) is 0 Å². The Labute approximate surface area is 78.5 Å². The van der Waals surface area contributed by atoms with Crippen LogP contribution < -0.4 is 0 Å². The Hall–Kier alpha value is -1.06. The minimum absolute atomic E-state index is 0.0396. The number of carbonyl (C=O) groups is 1. The average Bonchev–Trinajstić information content (AvgIpc) is 2.51. The molecule has 13 heavy (non-hydrogen) atoms. The molecule has 0 saturated carbocycles. The lowest BCUT2D eigenvalue weighted by Gasteiger charge is -2.24. The Balaban J connectivity index is 2.43. The molecule has 0 spiro atoms. The Morgan fingerprint density at radius 3 is 2.92 bits per heavy atom. The summed E-state index contributed by atoms with van der Waals surface area (Å²) in [7, 11) is 1.75.